The molecule has 0 atom stereocenters. The van der Waals surface area contributed by atoms with Gasteiger partial charge in [-0.1, -0.05) is 47.7 Å². The fraction of sp³-hybridized carbons (Fsp3) is 0.333. The Kier molecular flexibility index (Phi) is 4.18. The van der Waals surface area contributed by atoms with E-state index in [1.807, 2.05) is 6.92 Å². The van der Waals surface area contributed by atoms with Gasteiger partial charge in [-0.05, 0) is 62.8 Å². The van der Waals surface area contributed by atoms with E-state index in [-0.39, 0.29) is 22.4 Å². The number of hydrogen-bond donors (Lipinski definition) is 0. The van der Waals surface area contributed by atoms with Gasteiger partial charge < -0.3 is 0 Å². The Morgan fingerprint density at radius 3 is 2.11 bits per heavy atom. The van der Waals surface area contributed by atoms with Crippen LogP contribution < -0.4 is 0 Å². The van der Waals surface area contributed by atoms with Gasteiger partial charge in [-0.15, -0.1) is 0 Å². The van der Waals surface area contributed by atoms with Crippen LogP contribution in [0.4, 0.5) is 13.2 Å². The lowest BCUT2D eigenvalue weighted by Crippen LogP contribution is -2.41. The minimum Gasteiger partial charge on any atom is -0.210 e. The van der Waals surface area contributed by atoms with Crippen LogP contribution in [0.25, 0.3) is 0 Å². The Bertz CT molecular complexity index is 979. The number of rotatable bonds is 1. The second kappa shape index (κ2) is 6.30. The standard InChI is InChI=1S/C24H21F3/c1-16-3-7-19(8-4-16)24-13-11-23(12-14-24,20(25)15-24)10-9-18-6-5-17(2)21(26)22(18)27/h3-8,15H,11-14H2,1-2H3. The maximum absolute atomic E-state index is 15.1. The molecule has 3 aliphatic carbocycles. The van der Waals surface area contributed by atoms with E-state index in [1.165, 1.54) is 24.6 Å². The van der Waals surface area contributed by atoms with Crippen molar-refractivity contribution in [3.8, 4) is 11.8 Å². The summed E-state index contributed by atoms with van der Waals surface area (Å²) in [4.78, 5) is 0. The van der Waals surface area contributed by atoms with Crippen molar-refractivity contribution in [3.63, 3.8) is 0 Å². The lowest BCUT2D eigenvalue weighted by atomic mass is 9.56. The molecule has 0 amide bonds. The molecule has 1 fully saturated rings. The van der Waals surface area contributed by atoms with Gasteiger partial charge in [0.05, 0.1) is 11.0 Å². The van der Waals surface area contributed by atoms with Gasteiger partial charge in [0.15, 0.2) is 11.6 Å². The van der Waals surface area contributed by atoms with Crippen LogP contribution in [0.1, 0.15) is 47.9 Å². The molecule has 2 aromatic rings. The van der Waals surface area contributed by atoms with E-state index in [0.717, 1.165) is 18.4 Å². The molecule has 2 bridgehead atoms. The SMILES string of the molecule is Cc1ccc(C23C=C(F)C(C#Cc4ccc(C)c(F)c4F)(CC2)CC3)cc1. The average molecular weight is 366 g/mol. The molecule has 0 N–H and O–H groups in total. The predicted molar refractivity (Wildman–Crippen MR) is 101 cm³/mol. The molecule has 0 spiro atoms. The summed E-state index contributed by atoms with van der Waals surface area (Å²) in [6.45, 7) is 3.54. The largest absolute Gasteiger partial charge is 0.210 e. The summed E-state index contributed by atoms with van der Waals surface area (Å²) < 4.78 is 42.9. The maximum Gasteiger partial charge on any atom is 0.174 e. The zero-order valence-electron chi connectivity index (χ0n) is 15.5. The lowest BCUT2D eigenvalue weighted by molar-refractivity contribution is 0.178. The minimum atomic E-state index is -0.955. The van der Waals surface area contributed by atoms with E-state index in [2.05, 4.69) is 36.1 Å². The van der Waals surface area contributed by atoms with Gasteiger partial charge in [0, 0.05) is 5.41 Å². The van der Waals surface area contributed by atoms with Crippen LogP contribution in [0.3, 0.4) is 0 Å². The van der Waals surface area contributed by atoms with Gasteiger partial charge in [0.1, 0.15) is 5.83 Å². The van der Waals surface area contributed by atoms with Crippen LogP contribution in [0, 0.1) is 42.7 Å². The fourth-order valence-electron chi connectivity index (χ4n) is 4.26. The molecule has 0 saturated heterocycles. The highest BCUT2D eigenvalue weighted by atomic mass is 19.2. The molecule has 0 radical (unpaired) electrons. The molecule has 5 rings (SSSR count). The Morgan fingerprint density at radius 1 is 0.815 bits per heavy atom. The molecular formula is C24H21F3. The summed E-state index contributed by atoms with van der Waals surface area (Å²) in [5.41, 5.74) is 1.39. The zero-order chi connectivity index (χ0) is 19.2. The Labute approximate surface area is 158 Å². The van der Waals surface area contributed by atoms with Crippen molar-refractivity contribution in [1.29, 1.82) is 0 Å². The van der Waals surface area contributed by atoms with Gasteiger partial charge in [-0.25, -0.2) is 13.2 Å². The van der Waals surface area contributed by atoms with Crippen molar-refractivity contribution in [2.75, 3.05) is 0 Å². The second-order valence-electron chi connectivity index (χ2n) is 7.90. The molecule has 3 aliphatic rings. The van der Waals surface area contributed by atoms with Gasteiger partial charge in [-0.3, -0.25) is 0 Å². The van der Waals surface area contributed by atoms with E-state index in [9.17, 15) is 8.78 Å². The Morgan fingerprint density at radius 2 is 1.48 bits per heavy atom. The molecule has 138 valence electrons. The summed E-state index contributed by atoms with van der Waals surface area (Å²) in [7, 11) is 0. The van der Waals surface area contributed by atoms with E-state index >= 15 is 4.39 Å². The van der Waals surface area contributed by atoms with Crippen molar-refractivity contribution in [2.24, 2.45) is 5.41 Å². The van der Waals surface area contributed by atoms with Crippen molar-refractivity contribution < 1.29 is 13.2 Å². The quantitative estimate of drug-likeness (QED) is 0.520. The first-order chi connectivity index (χ1) is 12.9. The van der Waals surface area contributed by atoms with E-state index in [1.54, 1.807) is 6.08 Å². The second-order valence-corrected chi connectivity index (χ2v) is 7.90. The predicted octanol–water partition coefficient (Wildman–Crippen LogP) is 6.30. The normalized spacial score (nSPS) is 26.3. The third-order valence-electron chi connectivity index (χ3n) is 6.19. The molecule has 2 aromatic carbocycles. The van der Waals surface area contributed by atoms with Crippen molar-refractivity contribution in [3.05, 3.63) is 82.2 Å². The molecule has 0 aromatic heterocycles. The molecule has 0 unspecified atom stereocenters. The summed E-state index contributed by atoms with van der Waals surface area (Å²) in [5.74, 6) is 3.59. The highest BCUT2D eigenvalue weighted by Crippen LogP contribution is 2.57. The number of fused-ring (bicyclic) bond motifs is 2. The Hall–Kier alpha value is -2.47. The summed E-state index contributed by atoms with van der Waals surface area (Å²) >= 11 is 0. The third-order valence-corrected chi connectivity index (χ3v) is 6.19. The average Bonchev–Trinajstić information content (AvgIpc) is 2.67. The van der Waals surface area contributed by atoms with Gasteiger partial charge in [0.25, 0.3) is 0 Å². The van der Waals surface area contributed by atoms with Gasteiger partial charge >= 0.3 is 0 Å². The van der Waals surface area contributed by atoms with Gasteiger partial charge in [0.2, 0.25) is 0 Å². The molecule has 0 nitrogen and oxygen atoms in total. The first kappa shape index (κ1) is 17.9. The fourth-order valence-corrected chi connectivity index (χ4v) is 4.26. The van der Waals surface area contributed by atoms with Crippen LogP contribution in [0.15, 0.2) is 48.3 Å². The van der Waals surface area contributed by atoms with Crippen LogP contribution in [-0.4, -0.2) is 0 Å². The molecule has 1 saturated carbocycles. The summed E-state index contributed by atoms with van der Waals surface area (Å²) in [6.07, 6.45) is 4.51. The van der Waals surface area contributed by atoms with Crippen LogP contribution in [-0.2, 0) is 5.41 Å². The number of aryl methyl sites for hydroxylation is 2. The van der Waals surface area contributed by atoms with Crippen LogP contribution >= 0.6 is 0 Å². The number of allylic oxidation sites excluding steroid dienone is 2. The minimum absolute atomic E-state index is 0.0128. The lowest BCUT2D eigenvalue weighted by Gasteiger charge is -2.48. The molecular weight excluding hydrogens is 345 g/mol. The maximum atomic E-state index is 15.1. The number of hydrogen-bond acceptors (Lipinski definition) is 0. The molecule has 27 heavy (non-hydrogen) atoms. The highest BCUT2D eigenvalue weighted by Gasteiger charge is 2.50. The summed E-state index contributed by atoms with van der Waals surface area (Å²) in [6, 6.07) is 11.2. The third kappa shape index (κ3) is 2.88. The van der Waals surface area contributed by atoms with E-state index < -0.39 is 17.0 Å². The monoisotopic (exact) mass is 366 g/mol. The zero-order valence-corrected chi connectivity index (χ0v) is 15.5. The number of halogens is 3. The smallest absolute Gasteiger partial charge is 0.174 e. The van der Waals surface area contributed by atoms with Crippen molar-refractivity contribution >= 4 is 0 Å². The molecule has 0 heterocycles. The first-order valence-corrected chi connectivity index (χ1v) is 9.29. The van der Waals surface area contributed by atoms with Crippen molar-refractivity contribution in [1.82, 2.24) is 0 Å². The van der Waals surface area contributed by atoms with Gasteiger partial charge in [-0.2, -0.15) is 0 Å². The highest BCUT2D eigenvalue weighted by molar-refractivity contribution is 5.46. The van der Waals surface area contributed by atoms with E-state index in [4.69, 9.17) is 0 Å². The topological polar surface area (TPSA) is 0 Å². The van der Waals surface area contributed by atoms with Crippen molar-refractivity contribution in [2.45, 2.75) is 44.9 Å². The Balaban J connectivity index is 1.69. The van der Waals surface area contributed by atoms with Crippen LogP contribution in [0.2, 0.25) is 0 Å². The number of benzene rings is 2. The molecule has 0 aliphatic heterocycles. The van der Waals surface area contributed by atoms with Crippen LogP contribution in [0.5, 0.6) is 0 Å². The molecule has 3 heteroatoms. The first-order valence-electron chi connectivity index (χ1n) is 9.29. The van der Waals surface area contributed by atoms with E-state index in [0.29, 0.717) is 12.8 Å². The summed E-state index contributed by atoms with van der Waals surface area (Å²) in [5, 5.41) is 0.